The van der Waals surface area contributed by atoms with E-state index < -0.39 is 29.7 Å². The Morgan fingerprint density at radius 1 is 0.917 bits per heavy atom. The van der Waals surface area contributed by atoms with E-state index in [1.165, 1.54) is 24.3 Å². The Bertz CT molecular complexity index is 790. The molecule has 2 aromatic rings. The van der Waals surface area contributed by atoms with Gasteiger partial charge in [0.25, 0.3) is 0 Å². The second-order valence-corrected chi connectivity index (χ2v) is 5.56. The van der Waals surface area contributed by atoms with E-state index in [1.54, 1.807) is 31.2 Å². The van der Waals surface area contributed by atoms with Crippen molar-refractivity contribution in [3.05, 3.63) is 71.5 Å². The molecule has 24 heavy (non-hydrogen) atoms. The molecule has 5 nitrogen and oxygen atoms in total. The minimum Gasteiger partial charge on any atom is -0.263 e. The van der Waals surface area contributed by atoms with Crippen molar-refractivity contribution in [3.8, 4) is 0 Å². The average molecular weight is 326 g/mol. The second kappa shape index (κ2) is 6.23. The highest BCUT2D eigenvalue weighted by molar-refractivity contribution is 6.44. The highest BCUT2D eigenvalue weighted by Crippen LogP contribution is 2.27. The molecule has 1 fully saturated rings. The van der Waals surface area contributed by atoms with Crippen LogP contribution in [0.25, 0.3) is 0 Å². The lowest BCUT2D eigenvalue weighted by Crippen LogP contribution is -2.35. The Labute approximate surface area is 138 Å². The normalized spacial score (nSPS) is 16.0. The highest BCUT2D eigenvalue weighted by Gasteiger charge is 2.46. The summed E-state index contributed by atoms with van der Waals surface area (Å²) in [6.45, 7) is 1.63. The first-order valence-electron chi connectivity index (χ1n) is 7.47. The molecule has 3 rings (SSSR count). The molecule has 6 heteroatoms. The molecule has 2 aromatic carbocycles. The lowest BCUT2D eigenvalue weighted by Gasteiger charge is -2.22. The third-order valence-electron chi connectivity index (χ3n) is 4.01. The van der Waals surface area contributed by atoms with Crippen LogP contribution in [0.3, 0.4) is 0 Å². The number of carbonyl (C=O) groups excluding carboxylic acids is 3. The van der Waals surface area contributed by atoms with Gasteiger partial charge in [-0.1, -0.05) is 42.5 Å². The fourth-order valence-electron chi connectivity index (χ4n) is 2.66. The summed E-state index contributed by atoms with van der Waals surface area (Å²) in [6.07, 6.45) is 0. The van der Waals surface area contributed by atoms with Crippen LogP contribution >= 0.6 is 0 Å². The second-order valence-electron chi connectivity index (χ2n) is 5.56. The fraction of sp³-hybridized carbons (Fsp3) is 0.167. The average Bonchev–Trinajstić information content (AvgIpc) is 2.80. The molecule has 0 bridgehead atoms. The number of imide groups is 2. The Morgan fingerprint density at radius 2 is 1.54 bits per heavy atom. The maximum Gasteiger partial charge on any atom is 0.335 e. The molecular weight excluding hydrogens is 311 g/mol. The summed E-state index contributed by atoms with van der Waals surface area (Å²) in [7, 11) is 0. The van der Waals surface area contributed by atoms with Crippen LogP contribution in [0.1, 0.15) is 24.1 Å². The van der Waals surface area contributed by atoms with Gasteiger partial charge in [-0.3, -0.25) is 14.5 Å². The van der Waals surface area contributed by atoms with Crippen LogP contribution in [0, 0.1) is 5.82 Å². The summed E-state index contributed by atoms with van der Waals surface area (Å²) in [6, 6.07) is 13.2. The molecule has 0 aliphatic carbocycles. The number of rotatable bonds is 4. The van der Waals surface area contributed by atoms with Gasteiger partial charge in [0, 0.05) is 0 Å². The van der Waals surface area contributed by atoms with Gasteiger partial charge in [0.15, 0.2) is 0 Å². The molecule has 0 aromatic heterocycles. The van der Waals surface area contributed by atoms with Gasteiger partial charge >= 0.3 is 17.8 Å². The predicted octanol–water partition coefficient (Wildman–Crippen LogP) is 2.88. The van der Waals surface area contributed by atoms with Gasteiger partial charge in [0.05, 0.1) is 12.6 Å². The van der Waals surface area contributed by atoms with Gasteiger partial charge in [-0.15, -0.1) is 0 Å². The number of benzene rings is 2. The number of hydrogen-bond donors (Lipinski definition) is 0. The fourth-order valence-corrected chi connectivity index (χ4v) is 2.66. The van der Waals surface area contributed by atoms with E-state index in [1.807, 2.05) is 6.07 Å². The SMILES string of the molecule is CC(c1ccccc1)N1C(=O)C(=O)N(Cc2ccc(F)cc2)C1=O. The monoisotopic (exact) mass is 326 g/mol. The van der Waals surface area contributed by atoms with Crippen molar-refractivity contribution in [1.29, 1.82) is 0 Å². The summed E-state index contributed by atoms with van der Waals surface area (Å²) in [5.41, 5.74) is 1.33. The molecule has 0 saturated carbocycles. The van der Waals surface area contributed by atoms with Gasteiger partial charge in [0.1, 0.15) is 5.82 Å². The smallest absolute Gasteiger partial charge is 0.263 e. The van der Waals surface area contributed by atoms with Crippen LogP contribution in [0.5, 0.6) is 0 Å². The first-order chi connectivity index (χ1) is 11.5. The van der Waals surface area contributed by atoms with Gasteiger partial charge in [0.2, 0.25) is 0 Å². The zero-order chi connectivity index (χ0) is 17.3. The molecule has 0 N–H and O–H groups in total. The van der Waals surface area contributed by atoms with E-state index in [2.05, 4.69) is 0 Å². The lowest BCUT2D eigenvalue weighted by atomic mass is 10.1. The minimum atomic E-state index is -0.868. The van der Waals surface area contributed by atoms with Crippen LogP contribution in [-0.4, -0.2) is 27.6 Å². The number of hydrogen-bond acceptors (Lipinski definition) is 3. The van der Waals surface area contributed by atoms with Crippen molar-refractivity contribution in [3.63, 3.8) is 0 Å². The molecule has 1 aliphatic rings. The summed E-state index contributed by atoms with van der Waals surface area (Å²) >= 11 is 0. The molecule has 1 heterocycles. The number of carbonyl (C=O) groups is 3. The van der Waals surface area contributed by atoms with E-state index in [4.69, 9.17) is 0 Å². The van der Waals surface area contributed by atoms with Crippen LogP contribution in [-0.2, 0) is 16.1 Å². The van der Waals surface area contributed by atoms with Crippen molar-refractivity contribution in [2.24, 2.45) is 0 Å². The van der Waals surface area contributed by atoms with Gasteiger partial charge in [-0.25, -0.2) is 14.1 Å². The molecule has 122 valence electrons. The van der Waals surface area contributed by atoms with Crippen LogP contribution < -0.4 is 0 Å². The van der Waals surface area contributed by atoms with Gasteiger partial charge in [-0.05, 0) is 30.2 Å². The Morgan fingerprint density at radius 3 is 2.17 bits per heavy atom. The first kappa shape index (κ1) is 15.9. The highest BCUT2D eigenvalue weighted by atomic mass is 19.1. The van der Waals surface area contributed by atoms with Crippen molar-refractivity contribution >= 4 is 17.8 Å². The molecule has 1 unspecified atom stereocenters. The van der Waals surface area contributed by atoms with Gasteiger partial charge in [-0.2, -0.15) is 0 Å². The lowest BCUT2D eigenvalue weighted by molar-refractivity contribution is -0.144. The zero-order valence-electron chi connectivity index (χ0n) is 13.0. The molecule has 0 radical (unpaired) electrons. The zero-order valence-corrected chi connectivity index (χ0v) is 13.0. The predicted molar refractivity (Wildman–Crippen MR) is 84.0 cm³/mol. The largest absolute Gasteiger partial charge is 0.335 e. The van der Waals surface area contributed by atoms with E-state index >= 15 is 0 Å². The standard InChI is InChI=1S/C18H15FN2O3/c1-12(14-5-3-2-4-6-14)21-17(23)16(22)20(18(21)24)11-13-7-9-15(19)10-8-13/h2-10,12H,11H2,1H3. The van der Waals surface area contributed by atoms with Crippen LogP contribution in [0.2, 0.25) is 0 Å². The van der Waals surface area contributed by atoms with E-state index in [9.17, 15) is 18.8 Å². The van der Waals surface area contributed by atoms with E-state index in [0.717, 1.165) is 15.4 Å². The quantitative estimate of drug-likeness (QED) is 0.641. The molecule has 1 aliphatic heterocycles. The third-order valence-corrected chi connectivity index (χ3v) is 4.01. The number of nitrogens with zero attached hydrogens (tertiary/aromatic N) is 2. The molecular formula is C18H15FN2O3. The van der Waals surface area contributed by atoms with Crippen molar-refractivity contribution in [2.45, 2.75) is 19.5 Å². The maximum atomic E-state index is 13.0. The Kier molecular flexibility index (Phi) is 4.12. The van der Waals surface area contributed by atoms with Gasteiger partial charge < -0.3 is 0 Å². The minimum absolute atomic E-state index is 0.0678. The topological polar surface area (TPSA) is 57.7 Å². The molecule has 1 atom stereocenters. The molecule has 0 spiro atoms. The van der Waals surface area contributed by atoms with Crippen molar-refractivity contribution in [2.75, 3.05) is 0 Å². The van der Waals surface area contributed by atoms with E-state index in [-0.39, 0.29) is 6.54 Å². The van der Waals surface area contributed by atoms with Crippen LogP contribution in [0.4, 0.5) is 9.18 Å². The summed E-state index contributed by atoms with van der Waals surface area (Å²) in [4.78, 5) is 38.8. The first-order valence-corrected chi connectivity index (χ1v) is 7.47. The summed E-state index contributed by atoms with van der Waals surface area (Å²) in [5, 5.41) is 0. The summed E-state index contributed by atoms with van der Waals surface area (Å²) in [5.74, 6) is -2.13. The van der Waals surface area contributed by atoms with Crippen molar-refractivity contribution < 1.29 is 18.8 Å². The number of urea groups is 1. The molecule has 1 saturated heterocycles. The van der Waals surface area contributed by atoms with E-state index in [0.29, 0.717) is 5.56 Å². The number of amides is 4. The maximum absolute atomic E-state index is 13.0. The third kappa shape index (κ3) is 2.78. The Hall–Kier alpha value is -3.02. The van der Waals surface area contributed by atoms with Crippen LogP contribution in [0.15, 0.2) is 54.6 Å². The van der Waals surface area contributed by atoms with Crippen molar-refractivity contribution in [1.82, 2.24) is 9.80 Å². The number of halogens is 1. The molecule has 4 amide bonds. The Balaban J connectivity index is 1.84. The summed E-state index contributed by atoms with van der Waals surface area (Å²) < 4.78 is 13.0.